The maximum Gasteiger partial charge on any atom is 0.256 e. The third-order valence-corrected chi connectivity index (χ3v) is 2.59. The average Bonchev–Trinajstić information content (AvgIpc) is 2.38. The Hall–Kier alpha value is -1.65. The lowest BCUT2D eigenvalue weighted by Crippen LogP contribution is -2.32. The first kappa shape index (κ1) is 15.4. The minimum atomic E-state index is 0.0137. The zero-order chi connectivity index (χ0) is 14.3. The number of amides is 1. The van der Waals surface area contributed by atoms with Crippen LogP contribution in [0, 0.1) is 0 Å². The van der Waals surface area contributed by atoms with Gasteiger partial charge >= 0.3 is 0 Å². The van der Waals surface area contributed by atoms with E-state index >= 15 is 0 Å². The molecule has 1 N–H and O–H groups in total. The van der Waals surface area contributed by atoms with Crippen molar-refractivity contribution in [1.82, 2.24) is 14.9 Å². The fraction of sp³-hybridized carbons (Fsp3) is 0.643. The van der Waals surface area contributed by atoms with Crippen molar-refractivity contribution >= 4 is 11.9 Å². The fourth-order valence-corrected chi connectivity index (χ4v) is 1.81. The molecular formula is C14H24N4O. The summed E-state index contributed by atoms with van der Waals surface area (Å²) in [6.07, 6.45) is 5.11. The fourth-order valence-electron chi connectivity index (χ4n) is 1.81. The molecule has 0 fully saturated rings. The highest BCUT2D eigenvalue weighted by Crippen LogP contribution is 2.07. The number of nitrogens with zero attached hydrogens (tertiary/aromatic N) is 3. The van der Waals surface area contributed by atoms with Crippen molar-refractivity contribution in [3.05, 3.63) is 18.0 Å². The number of rotatable bonds is 7. The first-order valence-electron chi connectivity index (χ1n) is 6.96. The van der Waals surface area contributed by atoms with Crippen LogP contribution < -0.4 is 5.32 Å². The van der Waals surface area contributed by atoms with E-state index in [1.165, 1.54) is 0 Å². The van der Waals surface area contributed by atoms with Crippen molar-refractivity contribution in [3.63, 3.8) is 0 Å². The van der Waals surface area contributed by atoms with E-state index < -0.39 is 0 Å². The molecule has 0 aliphatic rings. The van der Waals surface area contributed by atoms with Gasteiger partial charge in [-0.2, -0.15) is 0 Å². The van der Waals surface area contributed by atoms with E-state index in [9.17, 15) is 4.79 Å². The van der Waals surface area contributed by atoms with E-state index in [4.69, 9.17) is 0 Å². The van der Waals surface area contributed by atoms with Gasteiger partial charge in [-0.1, -0.05) is 13.8 Å². The van der Waals surface area contributed by atoms with Gasteiger partial charge in [-0.25, -0.2) is 9.97 Å². The van der Waals surface area contributed by atoms with Gasteiger partial charge in [-0.3, -0.25) is 4.79 Å². The molecule has 1 rings (SSSR count). The van der Waals surface area contributed by atoms with Crippen molar-refractivity contribution < 1.29 is 4.79 Å². The second-order valence-corrected chi connectivity index (χ2v) is 4.89. The third kappa shape index (κ3) is 4.85. The first-order valence-corrected chi connectivity index (χ1v) is 6.96. The van der Waals surface area contributed by atoms with E-state index in [0.29, 0.717) is 11.5 Å². The van der Waals surface area contributed by atoms with Crippen molar-refractivity contribution in [1.29, 1.82) is 0 Å². The topological polar surface area (TPSA) is 58.1 Å². The molecule has 0 spiro atoms. The zero-order valence-electron chi connectivity index (χ0n) is 12.3. The molecule has 1 heterocycles. The number of carbonyl (C=O) groups is 1. The molecule has 0 unspecified atom stereocenters. The number of anilines is 1. The van der Waals surface area contributed by atoms with Crippen molar-refractivity contribution in [2.24, 2.45) is 0 Å². The van der Waals surface area contributed by atoms with Gasteiger partial charge in [0.1, 0.15) is 0 Å². The summed E-state index contributed by atoms with van der Waals surface area (Å²) in [5, 5.41) is 3.10. The summed E-state index contributed by atoms with van der Waals surface area (Å²) in [5.74, 6) is 0.573. The summed E-state index contributed by atoms with van der Waals surface area (Å²) in [6, 6.07) is 0.276. The van der Waals surface area contributed by atoms with Crippen LogP contribution in [0.5, 0.6) is 0 Å². The van der Waals surface area contributed by atoms with Gasteiger partial charge in [0.25, 0.3) is 5.91 Å². The minimum Gasteiger partial charge on any atom is -0.352 e. The highest BCUT2D eigenvalue weighted by Gasteiger charge is 2.15. The Kier molecular flexibility index (Phi) is 6.25. The van der Waals surface area contributed by atoms with E-state index in [2.05, 4.69) is 29.1 Å². The summed E-state index contributed by atoms with van der Waals surface area (Å²) >= 11 is 0. The monoisotopic (exact) mass is 264 g/mol. The van der Waals surface area contributed by atoms with E-state index in [0.717, 1.165) is 25.9 Å². The summed E-state index contributed by atoms with van der Waals surface area (Å²) in [5.41, 5.74) is 0.552. The van der Waals surface area contributed by atoms with Gasteiger partial charge in [-0.05, 0) is 26.7 Å². The third-order valence-electron chi connectivity index (χ3n) is 2.59. The van der Waals surface area contributed by atoms with Crippen molar-refractivity contribution in [3.8, 4) is 0 Å². The summed E-state index contributed by atoms with van der Waals surface area (Å²) in [6.45, 7) is 9.74. The molecule has 1 amide bonds. The number of nitrogens with one attached hydrogen (secondary N) is 1. The van der Waals surface area contributed by atoms with E-state index in [1.807, 2.05) is 18.7 Å². The molecule has 19 heavy (non-hydrogen) atoms. The molecule has 0 aliphatic carbocycles. The van der Waals surface area contributed by atoms with Gasteiger partial charge in [-0.15, -0.1) is 0 Å². The molecule has 0 aromatic carbocycles. The molecule has 1 aromatic heterocycles. The molecule has 0 bridgehead atoms. The maximum absolute atomic E-state index is 12.3. The van der Waals surface area contributed by atoms with Gasteiger partial charge in [0.15, 0.2) is 0 Å². The molecule has 0 radical (unpaired) electrons. The number of carbonyl (C=O) groups excluding carboxylic acids is 1. The van der Waals surface area contributed by atoms with Gasteiger partial charge in [0, 0.05) is 31.5 Å². The van der Waals surface area contributed by atoms with Crippen LogP contribution in [-0.2, 0) is 0 Å². The smallest absolute Gasteiger partial charge is 0.256 e. The first-order chi connectivity index (χ1) is 9.08. The second kappa shape index (κ2) is 7.71. The average molecular weight is 264 g/mol. The Balaban J connectivity index is 2.75. The quantitative estimate of drug-likeness (QED) is 0.822. The molecule has 0 saturated heterocycles. The number of aromatic nitrogens is 2. The number of hydrogen-bond donors (Lipinski definition) is 1. The van der Waals surface area contributed by atoms with Crippen LogP contribution >= 0.6 is 0 Å². The maximum atomic E-state index is 12.3. The molecule has 1 aromatic rings. The van der Waals surface area contributed by atoms with Crippen LogP contribution in [0.15, 0.2) is 12.4 Å². The van der Waals surface area contributed by atoms with E-state index in [-0.39, 0.29) is 11.9 Å². The van der Waals surface area contributed by atoms with Crippen LogP contribution in [0.3, 0.4) is 0 Å². The molecule has 106 valence electrons. The number of hydrogen-bond acceptors (Lipinski definition) is 4. The minimum absolute atomic E-state index is 0.0137. The van der Waals surface area contributed by atoms with Gasteiger partial charge < -0.3 is 10.2 Å². The zero-order valence-corrected chi connectivity index (χ0v) is 12.3. The standard InChI is InChI=1S/C14H24N4O/c1-5-7-18(8-6-2)13(19)12-9-15-14(16-10-12)17-11(3)4/h9-11H,5-8H2,1-4H3,(H,15,16,17). The lowest BCUT2D eigenvalue weighted by molar-refractivity contribution is 0.0755. The second-order valence-electron chi connectivity index (χ2n) is 4.89. The lowest BCUT2D eigenvalue weighted by Gasteiger charge is -2.21. The molecule has 5 nitrogen and oxygen atoms in total. The van der Waals surface area contributed by atoms with E-state index in [1.54, 1.807) is 12.4 Å². The summed E-state index contributed by atoms with van der Waals surface area (Å²) in [4.78, 5) is 22.5. The summed E-state index contributed by atoms with van der Waals surface area (Å²) < 4.78 is 0. The predicted molar refractivity (Wildman–Crippen MR) is 77.3 cm³/mol. The highest BCUT2D eigenvalue weighted by molar-refractivity contribution is 5.93. The van der Waals surface area contributed by atoms with Crippen LogP contribution in [0.4, 0.5) is 5.95 Å². The van der Waals surface area contributed by atoms with Crippen LogP contribution in [0.2, 0.25) is 0 Å². The molecule has 0 saturated carbocycles. The van der Waals surface area contributed by atoms with Crippen LogP contribution in [-0.4, -0.2) is 39.9 Å². The lowest BCUT2D eigenvalue weighted by atomic mass is 10.2. The molecule has 0 aliphatic heterocycles. The highest BCUT2D eigenvalue weighted by atomic mass is 16.2. The van der Waals surface area contributed by atoms with Crippen molar-refractivity contribution in [2.45, 2.75) is 46.6 Å². The van der Waals surface area contributed by atoms with Crippen molar-refractivity contribution in [2.75, 3.05) is 18.4 Å². The Bertz CT molecular complexity index is 383. The molecule has 5 heteroatoms. The largest absolute Gasteiger partial charge is 0.352 e. The molecular weight excluding hydrogens is 240 g/mol. The Morgan fingerprint density at radius 1 is 1.21 bits per heavy atom. The Morgan fingerprint density at radius 2 is 1.74 bits per heavy atom. The molecule has 0 atom stereocenters. The SMILES string of the molecule is CCCN(CCC)C(=O)c1cnc(NC(C)C)nc1. The predicted octanol–water partition coefficient (Wildman–Crippen LogP) is 2.56. The van der Waals surface area contributed by atoms with Crippen LogP contribution in [0.25, 0.3) is 0 Å². The summed E-state index contributed by atoms with van der Waals surface area (Å²) in [7, 11) is 0. The normalized spacial score (nSPS) is 10.6. The Morgan fingerprint density at radius 3 is 2.16 bits per heavy atom. The van der Waals surface area contributed by atoms with Gasteiger partial charge in [0.05, 0.1) is 5.56 Å². The van der Waals surface area contributed by atoms with Gasteiger partial charge in [0.2, 0.25) is 5.95 Å². The van der Waals surface area contributed by atoms with Crippen LogP contribution in [0.1, 0.15) is 50.9 Å². The Labute approximate surface area is 115 Å².